The van der Waals surface area contributed by atoms with Crippen molar-refractivity contribution < 1.29 is 13.9 Å². The van der Waals surface area contributed by atoms with E-state index in [1.807, 2.05) is 43.3 Å². The third kappa shape index (κ3) is 4.89. The highest BCUT2D eigenvalue weighted by atomic mass is 35.5. The first-order valence-corrected chi connectivity index (χ1v) is 10.3. The van der Waals surface area contributed by atoms with Gasteiger partial charge in [0.1, 0.15) is 5.75 Å². The lowest BCUT2D eigenvalue weighted by atomic mass is 10.2. The molecule has 0 bridgehead atoms. The molecule has 0 radical (unpaired) electrons. The van der Waals surface area contributed by atoms with E-state index in [-0.39, 0.29) is 18.5 Å². The van der Waals surface area contributed by atoms with E-state index in [2.05, 4.69) is 10.2 Å². The molecule has 1 amide bonds. The second-order valence-electron chi connectivity index (χ2n) is 7.01. The summed E-state index contributed by atoms with van der Waals surface area (Å²) in [5, 5.41) is 8.86. The summed E-state index contributed by atoms with van der Waals surface area (Å²) in [6.45, 7) is 2.78. The molecule has 30 heavy (non-hydrogen) atoms. The Morgan fingerprint density at radius 2 is 1.97 bits per heavy atom. The Balaban J connectivity index is 1.47. The average Bonchev–Trinajstić information content (AvgIpc) is 3.49. The number of amides is 1. The van der Waals surface area contributed by atoms with E-state index in [0.717, 1.165) is 29.7 Å². The Morgan fingerprint density at radius 3 is 2.70 bits per heavy atom. The summed E-state index contributed by atoms with van der Waals surface area (Å²) in [5.74, 6) is 1.48. The predicted octanol–water partition coefficient (Wildman–Crippen LogP) is 4.99. The van der Waals surface area contributed by atoms with Gasteiger partial charge in [-0.3, -0.25) is 4.79 Å². The topological polar surface area (TPSA) is 68.5 Å². The van der Waals surface area contributed by atoms with Crippen molar-refractivity contribution in [3.63, 3.8) is 0 Å². The van der Waals surface area contributed by atoms with Crippen LogP contribution >= 0.6 is 11.6 Å². The van der Waals surface area contributed by atoms with Crippen LogP contribution in [0.25, 0.3) is 17.5 Å². The van der Waals surface area contributed by atoms with Gasteiger partial charge in [0.25, 0.3) is 0 Å². The molecule has 7 heteroatoms. The maximum atomic E-state index is 12.9. The standard InChI is InChI=1S/C23H22ClN3O3/c1-2-29-20-6-4-3-5-16(20)9-14-22(28)27(19-12-13-19)15-21-25-26-23(30-21)17-7-10-18(24)11-8-17/h3-11,14,19H,2,12-13,15H2,1H3/b14-9+. The smallest absolute Gasteiger partial charge is 0.247 e. The first-order chi connectivity index (χ1) is 14.6. The van der Waals surface area contributed by atoms with Crippen LogP contribution in [0.3, 0.4) is 0 Å². The minimum Gasteiger partial charge on any atom is -0.493 e. The molecule has 2 aromatic carbocycles. The summed E-state index contributed by atoms with van der Waals surface area (Å²) in [5.41, 5.74) is 1.65. The second kappa shape index (κ2) is 9.13. The SMILES string of the molecule is CCOc1ccccc1/C=C/C(=O)N(Cc1nnc(-c2ccc(Cl)cc2)o1)C1CC1. The summed E-state index contributed by atoms with van der Waals surface area (Å²) in [4.78, 5) is 14.7. The minimum absolute atomic E-state index is 0.0879. The number of hydrogen-bond donors (Lipinski definition) is 0. The van der Waals surface area contributed by atoms with E-state index in [1.54, 1.807) is 29.2 Å². The van der Waals surface area contributed by atoms with Gasteiger partial charge in [-0.05, 0) is 56.2 Å². The highest BCUT2D eigenvalue weighted by molar-refractivity contribution is 6.30. The molecular formula is C23H22ClN3O3. The van der Waals surface area contributed by atoms with E-state index in [0.29, 0.717) is 23.4 Å². The number of ether oxygens (including phenoxy) is 1. The number of carbonyl (C=O) groups is 1. The van der Waals surface area contributed by atoms with Crippen molar-refractivity contribution in [2.75, 3.05) is 6.61 Å². The Labute approximate surface area is 180 Å². The van der Waals surface area contributed by atoms with Crippen LogP contribution in [0.5, 0.6) is 5.75 Å². The van der Waals surface area contributed by atoms with Gasteiger partial charge in [-0.15, -0.1) is 10.2 Å². The van der Waals surface area contributed by atoms with Crippen molar-refractivity contribution in [2.24, 2.45) is 0 Å². The number of para-hydroxylation sites is 1. The summed E-state index contributed by atoms with van der Waals surface area (Å²) >= 11 is 5.93. The fraction of sp³-hybridized carbons (Fsp3) is 0.261. The van der Waals surface area contributed by atoms with Crippen LogP contribution in [0.1, 0.15) is 31.2 Å². The normalized spacial score (nSPS) is 13.5. The fourth-order valence-corrected chi connectivity index (χ4v) is 3.23. The number of hydrogen-bond acceptors (Lipinski definition) is 5. The molecule has 0 atom stereocenters. The summed E-state index contributed by atoms with van der Waals surface area (Å²) in [7, 11) is 0. The first-order valence-electron chi connectivity index (χ1n) is 9.93. The highest BCUT2D eigenvalue weighted by Gasteiger charge is 2.32. The highest BCUT2D eigenvalue weighted by Crippen LogP contribution is 2.29. The van der Waals surface area contributed by atoms with E-state index in [1.165, 1.54) is 0 Å². The molecular weight excluding hydrogens is 402 g/mol. The van der Waals surface area contributed by atoms with Crippen molar-refractivity contribution in [1.82, 2.24) is 15.1 Å². The molecule has 0 unspecified atom stereocenters. The molecule has 3 aromatic rings. The number of rotatable bonds is 8. The molecule has 1 saturated carbocycles. The van der Waals surface area contributed by atoms with Crippen LogP contribution in [0.4, 0.5) is 0 Å². The van der Waals surface area contributed by atoms with Crippen molar-refractivity contribution in [3.05, 3.63) is 71.1 Å². The van der Waals surface area contributed by atoms with Crippen LogP contribution in [0.15, 0.2) is 59.0 Å². The van der Waals surface area contributed by atoms with Crippen molar-refractivity contribution >= 4 is 23.6 Å². The maximum absolute atomic E-state index is 12.9. The molecule has 0 saturated heterocycles. The molecule has 1 aliphatic carbocycles. The number of aromatic nitrogens is 2. The number of halogens is 1. The zero-order valence-electron chi connectivity index (χ0n) is 16.6. The summed E-state index contributed by atoms with van der Waals surface area (Å²) < 4.78 is 11.4. The van der Waals surface area contributed by atoms with Gasteiger partial charge in [-0.1, -0.05) is 29.8 Å². The third-order valence-corrected chi connectivity index (χ3v) is 5.01. The molecule has 1 heterocycles. The van der Waals surface area contributed by atoms with Crippen LogP contribution in [-0.4, -0.2) is 33.7 Å². The van der Waals surface area contributed by atoms with Gasteiger partial charge >= 0.3 is 0 Å². The molecule has 1 aliphatic rings. The average molecular weight is 424 g/mol. The van der Waals surface area contributed by atoms with Gasteiger partial charge in [-0.2, -0.15) is 0 Å². The zero-order valence-corrected chi connectivity index (χ0v) is 17.4. The van der Waals surface area contributed by atoms with Gasteiger partial charge in [0.15, 0.2) is 0 Å². The predicted molar refractivity (Wildman–Crippen MR) is 115 cm³/mol. The molecule has 0 N–H and O–H groups in total. The number of carbonyl (C=O) groups excluding carboxylic acids is 1. The van der Waals surface area contributed by atoms with Crippen molar-refractivity contribution in [1.29, 1.82) is 0 Å². The van der Waals surface area contributed by atoms with E-state index < -0.39 is 0 Å². The largest absolute Gasteiger partial charge is 0.493 e. The first kappa shape index (κ1) is 20.2. The van der Waals surface area contributed by atoms with Crippen LogP contribution in [0, 0.1) is 0 Å². The molecule has 154 valence electrons. The lowest BCUT2D eigenvalue weighted by Gasteiger charge is -2.18. The molecule has 4 rings (SSSR count). The van der Waals surface area contributed by atoms with Gasteiger partial charge in [0, 0.05) is 28.3 Å². The second-order valence-corrected chi connectivity index (χ2v) is 7.45. The Bertz CT molecular complexity index is 1040. The Morgan fingerprint density at radius 1 is 1.20 bits per heavy atom. The molecule has 1 fully saturated rings. The number of nitrogens with zero attached hydrogens (tertiary/aromatic N) is 3. The Hall–Kier alpha value is -3.12. The molecule has 6 nitrogen and oxygen atoms in total. The third-order valence-electron chi connectivity index (χ3n) is 4.76. The fourth-order valence-electron chi connectivity index (χ4n) is 3.11. The quantitative estimate of drug-likeness (QED) is 0.477. The Kier molecular flexibility index (Phi) is 6.14. The van der Waals surface area contributed by atoms with Crippen molar-refractivity contribution in [3.8, 4) is 17.2 Å². The minimum atomic E-state index is -0.0879. The van der Waals surface area contributed by atoms with E-state index in [9.17, 15) is 4.79 Å². The van der Waals surface area contributed by atoms with E-state index >= 15 is 0 Å². The maximum Gasteiger partial charge on any atom is 0.247 e. The van der Waals surface area contributed by atoms with Crippen LogP contribution in [0.2, 0.25) is 5.02 Å². The van der Waals surface area contributed by atoms with Crippen molar-refractivity contribution in [2.45, 2.75) is 32.4 Å². The van der Waals surface area contributed by atoms with Gasteiger partial charge in [0.05, 0.1) is 13.2 Å². The molecule has 1 aromatic heterocycles. The molecule has 0 aliphatic heterocycles. The lowest BCUT2D eigenvalue weighted by molar-refractivity contribution is -0.127. The van der Waals surface area contributed by atoms with Crippen LogP contribution in [-0.2, 0) is 11.3 Å². The monoisotopic (exact) mass is 423 g/mol. The number of benzene rings is 2. The van der Waals surface area contributed by atoms with Gasteiger partial charge in [0.2, 0.25) is 17.7 Å². The lowest BCUT2D eigenvalue weighted by Crippen LogP contribution is -2.31. The van der Waals surface area contributed by atoms with E-state index in [4.69, 9.17) is 20.8 Å². The van der Waals surface area contributed by atoms with Crippen LogP contribution < -0.4 is 4.74 Å². The zero-order chi connectivity index (χ0) is 20.9. The molecule has 0 spiro atoms. The van der Waals surface area contributed by atoms with Gasteiger partial charge in [-0.25, -0.2) is 0 Å². The summed E-state index contributed by atoms with van der Waals surface area (Å²) in [6, 6.07) is 15.0. The van der Waals surface area contributed by atoms with Gasteiger partial charge < -0.3 is 14.1 Å². The summed E-state index contributed by atoms with van der Waals surface area (Å²) in [6.07, 6.45) is 5.32.